The van der Waals surface area contributed by atoms with Crippen molar-refractivity contribution in [3.05, 3.63) is 71.1 Å². The van der Waals surface area contributed by atoms with Gasteiger partial charge in [-0.1, -0.05) is 24.3 Å². The van der Waals surface area contributed by atoms with Gasteiger partial charge in [-0.3, -0.25) is 14.4 Å². The molecule has 0 atom stereocenters. The summed E-state index contributed by atoms with van der Waals surface area (Å²) in [6.07, 6.45) is 8.36. The van der Waals surface area contributed by atoms with Crippen LogP contribution in [0.5, 0.6) is 0 Å². The van der Waals surface area contributed by atoms with E-state index in [2.05, 4.69) is 71.8 Å². The number of carbonyl (C=O) groups is 1. The molecule has 1 fully saturated rings. The van der Waals surface area contributed by atoms with E-state index in [9.17, 15) is 4.79 Å². The van der Waals surface area contributed by atoms with Crippen molar-refractivity contribution in [2.75, 3.05) is 45.1 Å². The fraction of sp³-hybridized carbons (Fsp3) is 0.448. The first-order chi connectivity index (χ1) is 20.1. The van der Waals surface area contributed by atoms with Gasteiger partial charge in [0.1, 0.15) is 12.2 Å². The van der Waals surface area contributed by atoms with Crippen molar-refractivity contribution >= 4 is 11.9 Å². The highest BCUT2D eigenvalue weighted by Crippen LogP contribution is 2.26. The molecule has 0 radical (unpaired) electrons. The van der Waals surface area contributed by atoms with Crippen molar-refractivity contribution in [3.63, 3.8) is 0 Å². The fourth-order valence-corrected chi connectivity index (χ4v) is 6.06. The molecule has 2 N–H and O–H groups in total. The molecule has 4 aromatic rings. The van der Waals surface area contributed by atoms with E-state index in [0.29, 0.717) is 31.5 Å². The van der Waals surface area contributed by atoms with Crippen molar-refractivity contribution in [1.82, 2.24) is 49.9 Å². The summed E-state index contributed by atoms with van der Waals surface area (Å²) < 4.78 is 1.77. The van der Waals surface area contributed by atoms with Crippen molar-refractivity contribution in [1.29, 1.82) is 0 Å². The van der Waals surface area contributed by atoms with E-state index in [1.807, 2.05) is 23.5 Å². The molecular formula is C29H35N11O. The van der Waals surface area contributed by atoms with Gasteiger partial charge in [-0.15, -0.1) is 0 Å². The van der Waals surface area contributed by atoms with E-state index < -0.39 is 0 Å². The average molecular weight is 554 g/mol. The molecule has 1 aliphatic carbocycles. The zero-order valence-electron chi connectivity index (χ0n) is 23.3. The van der Waals surface area contributed by atoms with Crippen LogP contribution in [0.25, 0.3) is 11.1 Å². The smallest absolute Gasteiger partial charge is 0.244 e. The van der Waals surface area contributed by atoms with Gasteiger partial charge in [0.2, 0.25) is 11.9 Å². The number of benzene rings is 1. The Bertz CT molecular complexity index is 1490. The third kappa shape index (κ3) is 5.57. The van der Waals surface area contributed by atoms with E-state index in [4.69, 9.17) is 5.10 Å². The Balaban J connectivity index is 1.08. The number of rotatable bonds is 7. The lowest BCUT2D eigenvalue weighted by Gasteiger charge is -2.32. The summed E-state index contributed by atoms with van der Waals surface area (Å²) in [6.45, 7) is 6.03. The zero-order valence-corrected chi connectivity index (χ0v) is 23.3. The first-order valence-electron chi connectivity index (χ1n) is 14.4. The lowest BCUT2D eigenvalue weighted by Crippen LogP contribution is -2.44. The summed E-state index contributed by atoms with van der Waals surface area (Å²) in [5.74, 6) is 0.652. The summed E-state index contributed by atoms with van der Waals surface area (Å²) in [7, 11) is 2.16. The van der Waals surface area contributed by atoms with Crippen molar-refractivity contribution in [3.8, 4) is 11.1 Å². The predicted molar refractivity (Wildman–Crippen MR) is 153 cm³/mol. The van der Waals surface area contributed by atoms with Crippen LogP contribution in [-0.4, -0.2) is 102 Å². The molecule has 41 heavy (non-hydrogen) atoms. The molecule has 1 saturated heterocycles. The van der Waals surface area contributed by atoms with Gasteiger partial charge >= 0.3 is 0 Å². The van der Waals surface area contributed by atoms with Crippen LogP contribution in [0.4, 0.5) is 5.95 Å². The number of anilines is 1. The number of likely N-dealkylation sites (N-methyl/N-ethyl adjacent to an activating group) is 1. The van der Waals surface area contributed by atoms with Crippen molar-refractivity contribution in [2.45, 2.75) is 44.9 Å². The lowest BCUT2D eigenvalue weighted by molar-refractivity contribution is -0.133. The number of carbonyl (C=O) groups excluding carboxylic acids is 1. The number of fused-ring (bicyclic) bond motifs is 2. The maximum Gasteiger partial charge on any atom is 0.244 e. The van der Waals surface area contributed by atoms with E-state index in [1.165, 1.54) is 11.1 Å². The van der Waals surface area contributed by atoms with Crippen molar-refractivity contribution < 1.29 is 4.79 Å². The van der Waals surface area contributed by atoms with Gasteiger partial charge in [0.15, 0.2) is 0 Å². The number of aromatic nitrogens is 7. The molecule has 0 spiro atoms. The number of piperazine rings is 1. The SMILES string of the molecule is CN1CCN(Cc2nn(CC(=O)N3CCc4n[nH]nc4C3)cc2-c2cnc(NC3Cc4ccccc4C3)nc2)CC1. The third-order valence-corrected chi connectivity index (χ3v) is 8.47. The second kappa shape index (κ2) is 11.0. The Kier molecular flexibility index (Phi) is 6.93. The monoisotopic (exact) mass is 553 g/mol. The van der Waals surface area contributed by atoms with Crippen LogP contribution >= 0.6 is 0 Å². The average Bonchev–Trinajstić information content (AvgIpc) is 3.72. The van der Waals surface area contributed by atoms with Crippen LogP contribution in [0, 0.1) is 0 Å². The van der Waals surface area contributed by atoms with Gasteiger partial charge in [0.05, 0.1) is 17.9 Å². The molecule has 3 aliphatic rings. The molecule has 12 nitrogen and oxygen atoms in total. The quantitative estimate of drug-likeness (QED) is 0.349. The summed E-state index contributed by atoms with van der Waals surface area (Å²) in [5, 5.41) is 19.4. The van der Waals surface area contributed by atoms with Crippen LogP contribution in [0.2, 0.25) is 0 Å². The summed E-state index contributed by atoms with van der Waals surface area (Å²) in [4.78, 5) is 29.2. The van der Waals surface area contributed by atoms with Crippen molar-refractivity contribution in [2.24, 2.45) is 0 Å². The highest BCUT2D eigenvalue weighted by atomic mass is 16.2. The van der Waals surface area contributed by atoms with Crippen LogP contribution in [0.15, 0.2) is 42.9 Å². The van der Waals surface area contributed by atoms with Crippen LogP contribution in [0.1, 0.15) is 28.2 Å². The molecule has 0 bridgehead atoms. The van der Waals surface area contributed by atoms with Gasteiger partial charge in [0, 0.05) is 81.4 Å². The second-order valence-corrected chi connectivity index (χ2v) is 11.4. The van der Waals surface area contributed by atoms with E-state index >= 15 is 0 Å². The van der Waals surface area contributed by atoms with Gasteiger partial charge in [-0.2, -0.15) is 20.5 Å². The number of amides is 1. The Hall–Kier alpha value is -4.16. The minimum absolute atomic E-state index is 0.0206. The first-order valence-corrected chi connectivity index (χ1v) is 14.4. The molecule has 3 aromatic heterocycles. The number of aromatic amines is 1. The Morgan fingerprint density at radius 1 is 1.00 bits per heavy atom. The Morgan fingerprint density at radius 2 is 1.73 bits per heavy atom. The number of nitrogens with one attached hydrogen (secondary N) is 2. The topological polar surface area (TPSA) is 124 Å². The molecule has 7 rings (SSSR count). The highest BCUT2D eigenvalue weighted by molar-refractivity contribution is 5.76. The minimum Gasteiger partial charge on any atom is -0.351 e. The van der Waals surface area contributed by atoms with Gasteiger partial charge in [-0.05, 0) is 31.0 Å². The maximum absolute atomic E-state index is 13.2. The van der Waals surface area contributed by atoms with E-state index in [1.54, 1.807) is 4.68 Å². The molecule has 0 saturated carbocycles. The third-order valence-electron chi connectivity index (χ3n) is 8.47. The van der Waals surface area contributed by atoms with E-state index in [-0.39, 0.29) is 12.5 Å². The summed E-state index contributed by atoms with van der Waals surface area (Å²) >= 11 is 0. The normalized spacial score (nSPS) is 17.9. The molecule has 12 heteroatoms. The first kappa shape index (κ1) is 25.8. The molecule has 1 aromatic carbocycles. The number of H-pyrrole nitrogens is 1. The van der Waals surface area contributed by atoms with Gasteiger partial charge in [0.25, 0.3) is 0 Å². The zero-order chi connectivity index (χ0) is 27.8. The Morgan fingerprint density at radius 3 is 2.49 bits per heavy atom. The number of nitrogens with zero attached hydrogens (tertiary/aromatic N) is 9. The molecule has 5 heterocycles. The molecule has 1 amide bonds. The lowest BCUT2D eigenvalue weighted by atomic mass is 10.1. The Labute approximate surface area is 238 Å². The second-order valence-electron chi connectivity index (χ2n) is 11.4. The van der Waals surface area contributed by atoms with Gasteiger partial charge in [-0.25, -0.2) is 9.97 Å². The maximum atomic E-state index is 13.2. The molecule has 0 unspecified atom stereocenters. The molecule has 212 valence electrons. The molecular weight excluding hydrogens is 518 g/mol. The highest BCUT2D eigenvalue weighted by Gasteiger charge is 2.26. The standard InChI is InChI=1S/C29H35N11O/c1-37-8-10-38(11-9-37)17-26-24(16-40(35-26)19-28(41)39-7-6-25-27(18-39)34-36-33-25)22-14-30-29(31-15-22)32-23-12-20-4-2-3-5-21(20)13-23/h2-5,14-16,23H,6-13,17-19H2,1H3,(H,30,31,32)(H,33,34,36). The molecule has 2 aliphatic heterocycles. The summed E-state index contributed by atoms with van der Waals surface area (Å²) in [5.41, 5.74) is 7.38. The summed E-state index contributed by atoms with van der Waals surface area (Å²) in [6, 6.07) is 8.88. The van der Waals surface area contributed by atoms with Gasteiger partial charge < -0.3 is 15.1 Å². The van der Waals surface area contributed by atoms with Crippen LogP contribution < -0.4 is 5.32 Å². The largest absolute Gasteiger partial charge is 0.351 e. The fourth-order valence-electron chi connectivity index (χ4n) is 6.06. The minimum atomic E-state index is 0.0206. The van der Waals surface area contributed by atoms with E-state index in [0.717, 1.165) is 73.8 Å². The van der Waals surface area contributed by atoms with Crippen LogP contribution in [0.3, 0.4) is 0 Å². The van der Waals surface area contributed by atoms with Crippen LogP contribution in [-0.2, 0) is 43.7 Å². The number of hydrogen-bond acceptors (Lipinski definition) is 9. The predicted octanol–water partition coefficient (Wildman–Crippen LogP) is 1.37. The number of hydrogen-bond donors (Lipinski definition) is 2.